The summed E-state index contributed by atoms with van der Waals surface area (Å²) in [4.78, 5) is 12.5. The molecule has 0 bridgehead atoms. The Hall–Kier alpha value is -2.29. The van der Waals surface area contributed by atoms with Crippen molar-refractivity contribution in [3.63, 3.8) is 0 Å². The highest BCUT2D eigenvalue weighted by Gasteiger charge is 2.14. The quantitative estimate of drug-likeness (QED) is 0.815. The molecule has 0 aliphatic carbocycles. The van der Waals surface area contributed by atoms with Crippen LogP contribution in [0.5, 0.6) is 11.5 Å². The van der Waals surface area contributed by atoms with Crippen LogP contribution >= 0.6 is 0 Å². The summed E-state index contributed by atoms with van der Waals surface area (Å²) < 4.78 is 0. The summed E-state index contributed by atoms with van der Waals surface area (Å²) in [6, 6.07) is 11.1. The standard InChI is InChI=1S/C17H18O3/c1-2-3-4-12-5-10-15(19)11-16(12)17(20)13-6-8-14(18)9-7-13/h5-11,18-19H,2-4H2,1H3. The summed E-state index contributed by atoms with van der Waals surface area (Å²) in [5, 5.41) is 18.9. The van der Waals surface area contributed by atoms with E-state index < -0.39 is 0 Å². The maximum atomic E-state index is 12.5. The van der Waals surface area contributed by atoms with Crippen LogP contribution in [0.25, 0.3) is 0 Å². The Morgan fingerprint density at radius 2 is 1.65 bits per heavy atom. The Bertz CT molecular complexity index is 600. The SMILES string of the molecule is CCCCc1ccc(O)cc1C(=O)c1ccc(O)cc1. The molecule has 0 spiro atoms. The Kier molecular flexibility index (Phi) is 4.41. The molecule has 0 radical (unpaired) electrons. The van der Waals surface area contributed by atoms with Crippen LogP contribution < -0.4 is 0 Å². The van der Waals surface area contributed by atoms with Gasteiger partial charge in [0, 0.05) is 11.1 Å². The van der Waals surface area contributed by atoms with E-state index >= 15 is 0 Å². The number of rotatable bonds is 5. The Morgan fingerprint density at radius 3 is 2.30 bits per heavy atom. The van der Waals surface area contributed by atoms with Gasteiger partial charge in [-0.3, -0.25) is 4.79 Å². The Balaban J connectivity index is 2.37. The first-order valence-electron chi connectivity index (χ1n) is 6.77. The van der Waals surface area contributed by atoms with Crippen LogP contribution in [-0.4, -0.2) is 16.0 Å². The van der Waals surface area contributed by atoms with Crippen molar-refractivity contribution in [1.82, 2.24) is 0 Å². The number of benzene rings is 2. The molecule has 0 fully saturated rings. The second-order valence-electron chi connectivity index (χ2n) is 4.82. The lowest BCUT2D eigenvalue weighted by Gasteiger charge is -2.09. The van der Waals surface area contributed by atoms with E-state index in [9.17, 15) is 15.0 Å². The minimum absolute atomic E-state index is 0.0902. The van der Waals surface area contributed by atoms with Crippen LogP contribution in [0.1, 0.15) is 41.3 Å². The van der Waals surface area contributed by atoms with Crippen molar-refractivity contribution in [3.8, 4) is 11.5 Å². The summed E-state index contributed by atoms with van der Waals surface area (Å²) in [5.41, 5.74) is 1.98. The van der Waals surface area contributed by atoms with Gasteiger partial charge >= 0.3 is 0 Å². The van der Waals surface area contributed by atoms with Crippen molar-refractivity contribution in [2.75, 3.05) is 0 Å². The van der Waals surface area contributed by atoms with Crippen molar-refractivity contribution in [3.05, 3.63) is 59.2 Å². The molecule has 0 amide bonds. The van der Waals surface area contributed by atoms with E-state index in [0.29, 0.717) is 11.1 Å². The molecule has 3 heteroatoms. The number of aryl methyl sites for hydroxylation is 1. The van der Waals surface area contributed by atoms with E-state index in [-0.39, 0.29) is 17.3 Å². The number of unbranched alkanes of at least 4 members (excludes halogenated alkanes) is 1. The number of aromatic hydroxyl groups is 2. The first-order valence-corrected chi connectivity index (χ1v) is 6.77. The van der Waals surface area contributed by atoms with Gasteiger partial charge in [-0.05, 0) is 54.8 Å². The monoisotopic (exact) mass is 270 g/mol. The summed E-state index contributed by atoms with van der Waals surface area (Å²) in [6.45, 7) is 2.10. The zero-order valence-electron chi connectivity index (χ0n) is 11.5. The molecular formula is C17H18O3. The molecule has 0 aliphatic heterocycles. The van der Waals surface area contributed by atoms with Crippen LogP contribution in [0.15, 0.2) is 42.5 Å². The van der Waals surface area contributed by atoms with Crippen molar-refractivity contribution < 1.29 is 15.0 Å². The highest BCUT2D eigenvalue weighted by molar-refractivity contribution is 6.10. The van der Waals surface area contributed by atoms with Gasteiger partial charge in [-0.2, -0.15) is 0 Å². The van der Waals surface area contributed by atoms with Crippen molar-refractivity contribution in [2.24, 2.45) is 0 Å². The number of ketones is 1. The van der Waals surface area contributed by atoms with Gasteiger partial charge in [0.05, 0.1) is 0 Å². The molecule has 2 N–H and O–H groups in total. The number of carbonyl (C=O) groups is 1. The Labute approximate surface area is 118 Å². The van der Waals surface area contributed by atoms with Crippen molar-refractivity contribution in [1.29, 1.82) is 0 Å². The number of hydrogen-bond acceptors (Lipinski definition) is 3. The first kappa shape index (κ1) is 14.1. The molecule has 0 heterocycles. The fourth-order valence-corrected chi connectivity index (χ4v) is 2.13. The van der Waals surface area contributed by atoms with Crippen LogP contribution in [-0.2, 0) is 6.42 Å². The van der Waals surface area contributed by atoms with Crippen LogP contribution in [0, 0.1) is 0 Å². The molecule has 104 valence electrons. The number of phenols is 2. The minimum Gasteiger partial charge on any atom is -0.508 e. The van der Waals surface area contributed by atoms with E-state index in [1.165, 1.54) is 18.2 Å². The van der Waals surface area contributed by atoms with Gasteiger partial charge < -0.3 is 10.2 Å². The molecule has 0 aromatic heterocycles. The van der Waals surface area contributed by atoms with Gasteiger partial charge in [-0.15, -0.1) is 0 Å². The molecule has 2 aromatic carbocycles. The average Bonchev–Trinajstić information content (AvgIpc) is 2.46. The van der Waals surface area contributed by atoms with Gasteiger partial charge in [0.15, 0.2) is 5.78 Å². The third-order valence-corrected chi connectivity index (χ3v) is 3.27. The van der Waals surface area contributed by atoms with Gasteiger partial charge in [-0.25, -0.2) is 0 Å². The lowest BCUT2D eigenvalue weighted by atomic mass is 9.95. The molecule has 2 aromatic rings. The van der Waals surface area contributed by atoms with E-state index in [0.717, 1.165) is 24.8 Å². The largest absolute Gasteiger partial charge is 0.508 e. The summed E-state index contributed by atoms with van der Waals surface area (Å²) >= 11 is 0. The number of carbonyl (C=O) groups excluding carboxylic acids is 1. The summed E-state index contributed by atoms with van der Waals surface area (Å²) in [6.07, 6.45) is 2.87. The number of phenolic OH excluding ortho intramolecular Hbond substituents is 2. The van der Waals surface area contributed by atoms with E-state index in [4.69, 9.17) is 0 Å². The second kappa shape index (κ2) is 6.24. The zero-order chi connectivity index (χ0) is 14.5. The van der Waals surface area contributed by atoms with Crippen molar-refractivity contribution >= 4 is 5.78 Å². The summed E-state index contributed by atoms with van der Waals surface area (Å²) in [5.74, 6) is 0.0862. The molecule has 0 atom stereocenters. The molecule has 0 unspecified atom stereocenters. The number of hydrogen-bond donors (Lipinski definition) is 2. The van der Waals surface area contributed by atoms with Crippen LogP contribution in [0.3, 0.4) is 0 Å². The molecule has 3 nitrogen and oxygen atoms in total. The smallest absolute Gasteiger partial charge is 0.193 e. The van der Waals surface area contributed by atoms with Gasteiger partial charge in [0.2, 0.25) is 0 Å². The third kappa shape index (κ3) is 3.18. The zero-order valence-corrected chi connectivity index (χ0v) is 11.5. The fraction of sp³-hybridized carbons (Fsp3) is 0.235. The van der Waals surface area contributed by atoms with Crippen molar-refractivity contribution in [2.45, 2.75) is 26.2 Å². The molecule has 20 heavy (non-hydrogen) atoms. The minimum atomic E-state index is -0.132. The molecular weight excluding hydrogens is 252 g/mol. The van der Waals surface area contributed by atoms with E-state index in [1.807, 2.05) is 0 Å². The Morgan fingerprint density at radius 1 is 1.00 bits per heavy atom. The lowest BCUT2D eigenvalue weighted by Crippen LogP contribution is -2.05. The van der Waals surface area contributed by atoms with Gasteiger partial charge in [-0.1, -0.05) is 19.4 Å². The predicted molar refractivity (Wildman–Crippen MR) is 78.3 cm³/mol. The highest BCUT2D eigenvalue weighted by atomic mass is 16.3. The van der Waals surface area contributed by atoms with E-state index in [2.05, 4.69) is 6.92 Å². The van der Waals surface area contributed by atoms with E-state index in [1.54, 1.807) is 24.3 Å². The average molecular weight is 270 g/mol. The summed E-state index contributed by atoms with van der Waals surface area (Å²) in [7, 11) is 0. The first-order chi connectivity index (χ1) is 9.61. The molecule has 0 saturated heterocycles. The highest BCUT2D eigenvalue weighted by Crippen LogP contribution is 2.22. The van der Waals surface area contributed by atoms with Crippen LogP contribution in [0.2, 0.25) is 0 Å². The third-order valence-electron chi connectivity index (χ3n) is 3.27. The second-order valence-corrected chi connectivity index (χ2v) is 4.82. The lowest BCUT2D eigenvalue weighted by molar-refractivity contribution is 0.103. The maximum Gasteiger partial charge on any atom is 0.193 e. The fourth-order valence-electron chi connectivity index (χ4n) is 2.13. The molecule has 0 aliphatic rings. The van der Waals surface area contributed by atoms with Gasteiger partial charge in [0.25, 0.3) is 0 Å². The normalized spacial score (nSPS) is 10.4. The van der Waals surface area contributed by atoms with Crippen LogP contribution in [0.4, 0.5) is 0 Å². The maximum absolute atomic E-state index is 12.5. The molecule has 0 saturated carbocycles. The topological polar surface area (TPSA) is 57.5 Å². The van der Waals surface area contributed by atoms with Gasteiger partial charge in [0.1, 0.15) is 11.5 Å². The predicted octanol–water partition coefficient (Wildman–Crippen LogP) is 3.67. The molecule has 2 rings (SSSR count).